The zero-order valence-corrected chi connectivity index (χ0v) is 18.5. The van der Waals surface area contributed by atoms with Gasteiger partial charge in [0.25, 0.3) is 0 Å². The Bertz CT molecular complexity index is 1190. The first-order chi connectivity index (χ1) is 15.7. The summed E-state index contributed by atoms with van der Waals surface area (Å²) in [5.74, 6) is 1.40. The molecule has 0 aliphatic carbocycles. The van der Waals surface area contributed by atoms with Crippen molar-refractivity contribution in [1.82, 2.24) is 34.8 Å². The van der Waals surface area contributed by atoms with Gasteiger partial charge in [-0.05, 0) is 25.8 Å². The van der Waals surface area contributed by atoms with Crippen LogP contribution >= 0.6 is 0 Å². The maximum absolute atomic E-state index is 6.37. The van der Waals surface area contributed by atoms with Gasteiger partial charge in [0.1, 0.15) is 12.0 Å². The van der Waals surface area contributed by atoms with Gasteiger partial charge in [0.05, 0.1) is 23.0 Å². The largest absolute Gasteiger partial charge is 0.475 e. The van der Waals surface area contributed by atoms with Crippen LogP contribution in [0.2, 0.25) is 0 Å². The molecule has 2 N–H and O–H groups in total. The van der Waals surface area contributed by atoms with Gasteiger partial charge in [-0.3, -0.25) is 14.7 Å². The molecule has 1 atom stereocenters. The maximum atomic E-state index is 6.37. The van der Waals surface area contributed by atoms with Gasteiger partial charge in [-0.25, -0.2) is 4.98 Å². The molecule has 1 aliphatic heterocycles. The number of ether oxygens (including phenoxy) is 1. The predicted octanol–water partition coefficient (Wildman–Crippen LogP) is 3.63. The Morgan fingerprint density at radius 3 is 2.81 bits per heavy atom. The number of nitrogens with zero attached hydrogens (tertiary/aromatic N) is 6. The van der Waals surface area contributed by atoms with Crippen LogP contribution in [0.3, 0.4) is 0 Å². The number of para-hydroxylation sites is 1. The molecule has 1 fully saturated rings. The van der Waals surface area contributed by atoms with Crippen molar-refractivity contribution in [2.45, 2.75) is 38.8 Å². The van der Waals surface area contributed by atoms with Crippen molar-refractivity contribution in [3.05, 3.63) is 54.1 Å². The van der Waals surface area contributed by atoms with Crippen molar-refractivity contribution in [3.8, 4) is 5.75 Å². The van der Waals surface area contributed by atoms with Crippen LogP contribution in [0.15, 0.2) is 42.9 Å². The van der Waals surface area contributed by atoms with Crippen LogP contribution in [0.5, 0.6) is 5.75 Å². The van der Waals surface area contributed by atoms with E-state index in [0.29, 0.717) is 18.0 Å². The molecule has 0 spiro atoms. The van der Waals surface area contributed by atoms with E-state index < -0.39 is 0 Å². The number of nitrogens with one attached hydrogen (secondary N) is 2. The van der Waals surface area contributed by atoms with Gasteiger partial charge in [0, 0.05) is 44.5 Å². The van der Waals surface area contributed by atoms with Gasteiger partial charge in [-0.1, -0.05) is 24.6 Å². The summed E-state index contributed by atoms with van der Waals surface area (Å²) < 4.78 is 8.10. The molecular formula is C23H28N8O. The van der Waals surface area contributed by atoms with Crippen molar-refractivity contribution in [2.24, 2.45) is 7.05 Å². The Labute approximate surface area is 186 Å². The van der Waals surface area contributed by atoms with Crippen LogP contribution < -0.4 is 10.1 Å². The van der Waals surface area contributed by atoms with E-state index >= 15 is 0 Å². The van der Waals surface area contributed by atoms with E-state index in [2.05, 4.69) is 48.5 Å². The number of hydrogen-bond acceptors (Lipinski definition) is 7. The lowest BCUT2D eigenvalue weighted by Gasteiger charge is -2.32. The SMILES string of the molecule is CC(Oc1ccccc1Cc1n[nH]c2nc(Nc3cnn(C)c3)ncc12)N1CCCCC1. The van der Waals surface area contributed by atoms with E-state index in [1.165, 1.54) is 19.3 Å². The second-order valence-corrected chi connectivity index (χ2v) is 8.25. The first-order valence-corrected chi connectivity index (χ1v) is 11.1. The number of fused-ring (bicyclic) bond motifs is 1. The number of aryl methyl sites for hydroxylation is 1. The monoisotopic (exact) mass is 432 g/mol. The zero-order chi connectivity index (χ0) is 21.9. The van der Waals surface area contributed by atoms with Crippen molar-refractivity contribution in [1.29, 1.82) is 0 Å². The summed E-state index contributed by atoms with van der Waals surface area (Å²) in [6.07, 6.45) is 9.89. The molecule has 4 aromatic rings. The summed E-state index contributed by atoms with van der Waals surface area (Å²) in [4.78, 5) is 11.4. The minimum atomic E-state index is 0.0526. The van der Waals surface area contributed by atoms with Crippen LogP contribution in [-0.2, 0) is 13.5 Å². The molecule has 166 valence electrons. The highest BCUT2D eigenvalue weighted by atomic mass is 16.5. The van der Waals surface area contributed by atoms with E-state index in [1.54, 1.807) is 17.1 Å². The molecule has 1 saturated heterocycles. The molecule has 9 heteroatoms. The van der Waals surface area contributed by atoms with Gasteiger partial charge in [0.15, 0.2) is 5.65 Å². The lowest BCUT2D eigenvalue weighted by Crippen LogP contribution is -2.40. The predicted molar refractivity (Wildman–Crippen MR) is 123 cm³/mol. The quantitative estimate of drug-likeness (QED) is 0.460. The Morgan fingerprint density at radius 1 is 1.16 bits per heavy atom. The number of anilines is 2. The standard InChI is InChI=1S/C23H28N8O/c1-16(31-10-6-3-7-11-31)32-21-9-5-4-8-17(21)12-20-19-14-24-23(27-22(19)29-28-20)26-18-13-25-30(2)15-18/h4-5,8-9,13-16H,3,6-7,10-12H2,1-2H3,(H2,24,26,27,28,29). The highest BCUT2D eigenvalue weighted by Crippen LogP contribution is 2.26. The van der Waals surface area contributed by atoms with Crippen molar-refractivity contribution < 1.29 is 4.74 Å². The van der Waals surface area contributed by atoms with Crippen LogP contribution in [0, 0.1) is 0 Å². The minimum Gasteiger partial charge on any atom is -0.475 e. The molecule has 1 aliphatic rings. The first kappa shape index (κ1) is 20.4. The zero-order valence-electron chi connectivity index (χ0n) is 18.5. The molecule has 0 bridgehead atoms. The van der Waals surface area contributed by atoms with E-state index in [9.17, 15) is 0 Å². The fourth-order valence-corrected chi connectivity index (χ4v) is 4.15. The average molecular weight is 433 g/mol. The number of piperidine rings is 1. The van der Waals surface area contributed by atoms with Crippen molar-refractivity contribution in [3.63, 3.8) is 0 Å². The number of benzene rings is 1. The normalized spacial score (nSPS) is 15.7. The third-order valence-electron chi connectivity index (χ3n) is 5.89. The second-order valence-electron chi connectivity index (χ2n) is 8.25. The molecule has 5 rings (SSSR count). The molecular weight excluding hydrogens is 404 g/mol. The summed E-state index contributed by atoms with van der Waals surface area (Å²) >= 11 is 0. The van der Waals surface area contributed by atoms with E-state index in [4.69, 9.17) is 4.74 Å². The Hall–Kier alpha value is -3.46. The lowest BCUT2D eigenvalue weighted by molar-refractivity contribution is 0.0256. The minimum absolute atomic E-state index is 0.0526. The van der Waals surface area contributed by atoms with E-state index in [0.717, 1.165) is 41.2 Å². The van der Waals surface area contributed by atoms with Crippen LogP contribution in [0.1, 0.15) is 37.4 Å². The molecule has 32 heavy (non-hydrogen) atoms. The molecule has 0 amide bonds. The molecule has 0 radical (unpaired) electrons. The highest BCUT2D eigenvalue weighted by molar-refractivity contribution is 5.78. The number of hydrogen-bond donors (Lipinski definition) is 2. The van der Waals surface area contributed by atoms with Crippen LogP contribution in [0.25, 0.3) is 11.0 Å². The Kier molecular flexibility index (Phi) is 5.72. The van der Waals surface area contributed by atoms with Gasteiger partial charge in [0.2, 0.25) is 5.95 Å². The van der Waals surface area contributed by atoms with Crippen molar-refractivity contribution >= 4 is 22.7 Å². The summed E-state index contributed by atoms with van der Waals surface area (Å²) in [6, 6.07) is 8.19. The average Bonchev–Trinajstić information content (AvgIpc) is 3.41. The fraction of sp³-hybridized carbons (Fsp3) is 0.391. The van der Waals surface area contributed by atoms with Crippen LogP contribution in [0.4, 0.5) is 11.6 Å². The van der Waals surface area contributed by atoms with Crippen molar-refractivity contribution in [2.75, 3.05) is 18.4 Å². The van der Waals surface area contributed by atoms with E-state index in [1.807, 2.05) is 31.4 Å². The Balaban J connectivity index is 1.33. The molecule has 1 aromatic carbocycles. The highest BCUT2D eigenvalue weighted by Gasteiger charge is 2.19. The lowest BCUT2D eigenvalue weighted by atomic mass is 10.1. The maximum Gasteiger partial charge on any atom is 0.229 e. The second kappa shape index (κ2) is 8.96. The van der Waals surface area contributed by atoms with Gasteiger partial charge < -0.3 is 10.1 Å². The van der Waals surface area contributed by atoms with Gasteiger partial charge >= 0.3 is 0 Å². The molecule has 4 heterocycles. The number of aromatic amines is 1. The van der Waals surface area contributed by atoms with Gasteiger partial charge in [-0.2, -0.15) is 15.2 Å². The third kappa shape index (κ3) is 4.43. The fourth-order valence-electron chi connectivity index (χ4n) is 4.15. The molecule has 0 saturated carbocycles. The summed E-state index contributed by atoms with van der Waals surface area (Å²) in [5.41, 5.74) is 3.53. The summed E-state index contributed by atoms with van der Waals surface area (Å²) in [6.45, 7) is 4.33. The third-order valence-corrected chi connectivity index (χ3v) is 5.89. The van der Waals surface area contributed by atoms with E-state index in [-0.39, 0.29) is 6.23 Å². The van der Waals surface area contributed by atoms with Gasteiger partial charge in [-0.15, -0.1) is 0 Å². The molecule has 9 nitrogen and oxygen atoms in total. The number of likely N-dealkylation sites (tertiary alicyclic amines) is 1. The Morgan fingerprint density at radius 2 is 2.00 bits per heavy atom. The number of H-pyrrole nitrogens is 1. The topological polar surface area (TPSA) is 96.8 Å². The summed E-state index contributed by atoms with van der Waals surface area (Å²) in [7, 11) is 1.87. The molecule has 1 unspecified atom stereocenters. The smallest absolute Gasteiger partial charge is 0.229 e. The molecule has 3 aromatic heterocycles. The first-order valence-electron chi connectivity index (χ1n) is 11.1. The summed E-state index contributed by atoms with van der Waals surface area (Å²) in [5, 5.41) is 15.8. The number of aromatic nitrogens is 6. The number of rotatable bonds is 7. The van der Waals surface area contributed by atoms with Crippen LogP contribution in [-0.4, -0.2) is 54.2 Å².